The van der Waals surface area contributed by atoms with E-state index in [1.54, 1.807) is 17.7 Å². The summed E-state index contributed by atoms with van der Waals surface area (Å²) in [7, 11) is 0. The van der Waals surface area contributed by atoms with E-state index in [4.69, 9.17) is 19.0 Å². The van der Waals surface area contributed by atoms with Gasteiger partial charge in [-0.2, -0.15) is 5.10 Å². The third kappa shape index (κ3) is 7.20. The van der Waals surface area contributed by atoms with E-state index in [-0.39, 0.29) is 24.3 Å². The molecule has 4 aromatic rings. The largest absolute Gasteiger partial charge is 0.460 e. The zero-order valence-corrected chi connectivity index (χ0v) is 22.6. The van der Waals surface area contributed by atoms with Gasteiger partial charge in [0.15, 0.2) is 0 Å². The van der Waals surface area contributed by atoms with Crippen molar-refractivity contribution in [2.75, 3.05) is 13.2 Å². The van der Waals surface area contributed by atoms with Crippen molar-refractivity contribution in [1.29, 1.82) is 0 Å². The summed E-state index contributed by atoms with van der Waals surface area (Å²) in [5.74, 6) is -0.403. The zero-order chi connectivity index (χ0) is 27.6. The number of nitrogens with zero attached hydrogens (tertiary/aromatic N) is 3. The van der Waals surface area contributed by atoms with E-state index in [2.05, 4.69) is 24.1 Å². The van der Waals surface area contributed by atoms with Gasteiger partial charge in [-0.25, -0.2) is 9.78 Å². The summed E-state index contributed by atoms with van der Waals surface area (Å²) in [5, 5.41) is 7.85. The van der Waals surface area contributed by atoms with E-state index in [9.17, 15) is 9.59 Å². The molecule has 9 heteroatoms. The molecule has 2 aromatic carbocycles. The molecule has 1 amide bonds. The maximum absolute atomic E-state index is 13.2. The molecule has 0 unspecified atom stereocenters. The van der Waals surface area contributed by atoms with Crippen LogP contribution in [0.15, 0.2) is 71.3 Å². The Hall–Kier alpha value is -4.24. The van der Waals surface area contributed by atoms with Crippen LogP contribution >= 0.6 is 0 Å². The van der Waals surface area contributed by atoms with E-state index in [1.807, 2.05) is 54.6 Å². The van der Waals surface area contributed by atoms with Gasteiger partial charge in [-0.3, -0.25) is 9.48 Å². The predicted octanol–water partition coefficient (Wildman–Crippen LogP) is 5.52. The van der Waals surface area contributed by atoms with Crippen LogP contribution < -0.4 is 5.32 Å². The average Bonchev–Trinajstić information content (AvgIpc) is 3.63. The highest BCUT2D eigenvalue weighted by atomic mass is 16.5. The molecular formula is C30H34N4O5. The second-order valence-electron chi connectivity index (χ2n) is 8.99. The standard InChI is InChI=1S/C30H34N4O5/c1-4-24(5-2)32-28(35)26-18-25(33-34(26)15-16-37-20-21-11-8-7-9-12-21)22-13-10-14-23(17-22)29-31-19-27(39-29)30(36)38-6-3/h7-14,17-19,24H,4-6,15-16,20H2,1-3H3,(H,32,35). The number of oxazole rings is 1. The highest BCUT2D eigenvalue weighted by Crippen LogP contribution is 2.26. The topological polar surface area (TPSA) is 108 Å². The van der Waals surface area contributed by atoms with Gasteiger partial charge >= 0.3 is 5.97 Å². The average molecular weight is 531 g/mol. The van der Waals surface area contributed by atoms with Crippen molar-refractivity contribution in [3.05, 3.63) is 83.9 Å². The Labute approximate surface area is 228 Å². The van der Waals surface area contributed by atoms with Gasteiger partial charge in [0.1, 0.15) is 5.69 Å². The number of amides is 1. The lowest BCUT2D eigenvalue weighted by Gasteiger charge is -2.15. The molecule has 0 aliphatic carbocycles. The van der Waals surface area contributed by atoms with Crippen LogP contribution in [0.4, 0.5) is 0 Å². The molecule has 0 bridgehead atoms. The number of ether oxygens (including phenoxy) is 2. The first kappa shape index (κ1) is 27.8. The molecule has 0 fully saturated rings. The van der Waals surface area contributed by atoms with Crippen LogP contribution in [0, 0.1) is 0 Å². The molecule has 0 radical (unpaired) electrons. The number of rotatable bonds is 13. The lowest BCUT2D eigenvalue weighted by atomic mass is 10.1. The molecule has 0 spiro atoms. The second-order valence-corrected chi connectivity index (χ2v) is 8.99. The van der Waals surface area contributed by atoms with Gasteiger partial charge in [0.25, 0.3) is 5.91 Å². The number of hydrogen-bond acceptors (Lipinski definition) is 7. The number of hydrogen-bond donors (Lipinski definition) is 1. The van der Waals surface area contributed by atoms with Crippen LogP contribution in [0.25, 0.3) is 22.7 Å². The third-order valence-corrected chi connectivity index (χ3v) is 6.28. The van der Waals surface area contributed by atoms with Crippen molar-refractivity contribution in [3.63, 3.8) is 0 Å². The lowest BCUT2D eigenvalue weighted by molar-refractivity contribution is 0.0491. The van der Waals surface area contributed by atoms with Crippen molar-refractivity contribution >= 4 is 11.9 Å². The van der Waals surface area contributed by atoms with Crippen molar-refractivity contribution in [1.82, 2.24) is 20.1 Å². The highest BCUT2D eigenvalue weighted by molar-refractivity contribution is 5.94. The summed E-state index contributed by atoms with van der Waals surface area (Å²) in [6.07, 6.45) is 3.04. The summed E-state index contributed by atoms with van der Waals surface area (Å²) in [6, 6.07) is 19.3. The number of carbonyl (C=O) groups is 2. The van der Waals surface area contributed by atoms with Gasteiger partial charge < -0.3 is 19.2 Å². The summed E-state index contributed by atoms with van der Waals surface area (Å²) < 4.78 is 18.2. The molecule has 0 aliphatic heterocycles. The minimum absolute atomic E-state index is 0.0393. The summed E-state index contributed by atoms with van der Waals surface area (Å²) >= 11 is 0. The quantitative estimate of drug-likeness (QED) is 0.179. The second kappa shape index (κ2) is 13.5. The molecule has 2 heterocycles. The molecule has 9 nitrogen and oxygen atoms in total. The van der Waals surface area contributed by atoms with E-state index in [0.717, 1.165) is 24.0 Å². The number of benzene rings is 2. The fraction of sp³-hybridized carbons (Fsp3) is 0.333. The molecule has 4 rings (SSSR count). The molecule has 2 aromatic heterocycles. The Kier molecular flexibility index (Phi) is 9.64. The molecule has 0 atom stereocenters. The van der Waals surface area contributed by atoms with Crippen LogP contribution in [-0.4, -0.2) is 45.9 Å². The molecular weight excluding hydrogens is 496 g/mol. The van der Waals surface area contributed by atoms with Gasteiger partial charge in [-0.1, -0.05) is 56.3 Å². The third-order valence-electron chi connectivity index (χ3n) is 6.28. The smallest absolute Gasteiger partial charge is 0.375 e. The normalized spacial score (nSPS) is 11.1. The predicted molar refractivity (Wildman–Crippen MR) is 147 cm³/mol. The molecule has 0 saturated carbocycles. The monoisotopic (exact) mass is 530 g/mol. The number of carbonyl (C=O) groups excluding carboxylic acids is 2. The molecule has 1 N–H and O–H groups in total. The summed E-state index contributed by atoms with van der Waals surface area (Å²) in [6.45, 7) is 7.38. The maximum atomic E-state index is 13.2. The van der Waals surface area contributed by atoms with Gasteiger partial charge in [0.05, 0.1) is 38.3 Å². The molecule has 0 saturated heterocycles. The SMILES string of the molecule is CCOC(=O)c1cnc(-c2cccc(-c3cc(C(=O)NC(CC)CC)n(CCOCc4ccccc4)n3)c2)o1. The van der Waals surface area contributed by atoms with Crippen LogP contribution in [0.3, 0.4) is 0 Å². The number of nitrogens with one attached hydrogen (secondary N) is 1. The maximum Gasteiger partial charge on any atom is 0.375 e. The lowest BCUT2D eigenvalue weighted by Crippen LogP contribution is -2.35. The van der Waals surface area contributed by atoms with Crippen molar-refractivity contribution in [3.8, 4) is 22.7 Å². The Balaban J connectivity index is 1.56. The highest BCUT2D eigenvalue weighted by Gasteiger charge is 2.20. The summed E-state index contributed by atoms with van der Waals surface area (Å²) in [4.78, 5) is 29.4. The first-order valence-electron chi connectivity index (χ1n) is 13.3. The minimum Gasteiger partial charge on any atom is -0.460 e. The van der Waals surface area contributed by atoms with Crippen molar-refractivity contribution in [2.45, 2.75) is 52.8 Å². The fourth-order valence-electron chi connectivity index (χ4n) is 4.09. The Morgan fingerprint density at radius 2 is 1.77 bits per heavy atom. The van der Waals surface area contributed by atoms with E-state index < -0.39 is 5.97 Å². The zero-order valence-electron chi connectivity index (χ0n) is 22.6. The molecule has 39 heavy (non-hydrogen) atoms. The first-order chi connectivity index (χ1) is 19.0. The first-order valence-corrected chi connectivity index (χ1v) is 13.3. The van der Waals surface area contributed by atoms with Crippen LogP contribution in [-0.2, 0) is 22.6 Å². The number of esters is 1. The van der Waals surface area contributed by atoms with Gasteiger partial charge in [0, 0.05) is 17.2 Å². The van der Waals surface area contributed by atoms with Gasteiger partial charge in [-0.05, 0) is 43.5 Å². The van der Waals surface area contributed by atoms with E-state index in [0.29, 0.717) is 42.6 Å². The minimum atomic E-state index is -0.561. The van der Waals surface area contributed by atoms with E-state index >= 15 is 0 Å². The van der Waals surface area contributed by atoms with Crippen molar-refractivity contribution in [2.24, 2.45) is 0 Å². The van der Waals surface area contributed by atoms with Crippen LogP contribution in [0.2, 0.25) is 0 Å². The Morgan fingerprint density at radius 1 is 1.00 bits per heavy atom. The number of aromatic nitrogens is 3. The summed E-state index contributed by atoms with van der Waals surface area (Å²) in [5.41, 5.74) is 3.63. The Morgan fingerprint density at radius 3 is 2.51 bits per heavy atom. The van der Waals surface area contributed by atoms with Crippen molar-refractivity contribution < 1.29 is 23.5 Å². The molecule has 0 aliphatic rings. The van der Waals surface area contributed by atoms with Gasteiger partial charge in [0.2, 0.25) is 11.7 Å². The van der Waals surface area contributed by atoms with E-state index in [1.165, 1.54) is 6.20 Å². The van der Waals surface area contributed by atoms with Crippen LogP contribution in [0.1, 0.15) is 60.2 Å². The van der Waals surface area contributed by atoms with Crippen LogP contribution in [0.5, 0.6) is 0 Å². The Bertz CT molecular complexity index is 1380. The fourth-order valence-corrected chi connectivity index (χ4v) is 4.09. The molecule has 204 valence electrons. The van der Waals surface area contributed by atoms with Gasteiger partial charge in [-0.15, -0.1) is 0 Å².